The summed E-state index contributed by atoms with van der Waals surface area (Å²) in [6.07, 6.45) is 4.27. The fraction of sp³-hybridized carbons (Fsp3) is 0.0400. The number of hydrogen-bond acceptors (Lipinski definition) is 7. The summed E-state index contributed by atoms with van der Waals surface area (Å²) >= 11 is 7.54. The predicted molar refractivity (Wildman–Crippen MR) is 132 cm³/mol. The Balaban J connectivity index is 1.52. The zero-order valence-electron chi connectivity index (χ0n) is 18.2. The Labute approximate surface area is 213 Å². The molecule has 3 heterocycles. The molecule has 0 aliphatic heterocycles. The zero-order valence-corrected chi connectivity index (χ0v) is 20.6. The average molecular weight is 545 g/mol. The lowest BCUT2D eigenvalue weighted by Gasteiger charge is -2.14. The first-order chi connectivity index (χ1) is 17.3. The molecular formula is C25H15ClF2N2O4S2. The maximum Gasteiger partial charge on any atom is 0.187 e. The third-order valence-electron chi connectivity index (χ3n) is 5.21. The maximum atomic E-state index is 15.0. The SMILES string of the molecule is O=S(=O)(Cc1cscn1)c1cc(Cl)c(Oc2cnc(-c3ccccc3F)cc2-c2ccoc2)cc1F. The maximum absolute atomic E-state index is 15.0. The Bertz CT molecular complexity index is 1640. The van der Waals surface area contributed by atoms with Crippen LogP contribution in [-0.4, -0.2) is 18.4 Å². The van der Waals surface area contributed by atoms with Gasteiger partial charge in [0, 0.05) is 28.1 Å². The molecule has 0 radical (unpaired) electrons. The van der Waals surface area contributed by atoms with Crippen molar-refractivity contribution >= 4 is 32.8 Å². The van der Waals surface area contributed by atoms with Crippen molar-refractivity contribution in [2.75, 3.05) is 0 Å². The minimum Gasteiger partial charge on any atom is -0.472 e. The summed E-state index contributed by atoms with van der Waals surface area (Å²) in [6.45, 7) is 0. The van der Waals surface area contributed by atoms with E-state index < -0.39 is 32.1 Å². The molecule has 0 amide bonds. The second kappa shape index (κ2) is 9.81. The van der Waals surface area contributed by atoms with E-state index in [1.165, 1.54) is 41.6 Å². The van der Waals surface area contributed by atoms with Crippen molar-refractivity contribution in [2.24, 2.45) is 0 Å². The summed E-state index contributed by atoms with van der Waals surface area (Å²) in [6, 6.07) is 11.4. The van der Waals surface area contributed by atoms with Crippen LogP contribution in [0.5, 0.6) is 11.5 Å². The first-order valence-corrected chi connectivity index (χ1v) is 13.3. The van der Waals surface area contributed by atoms with Crippen molar-refractivity contribution in [3.8, 4) is 33.9 Å². The highest BCUT2D eigenvalue weighted by Crippen LogP contribution is 2.39. The van der Waals surface area contributed by atoms with E-state index in [1.54, 1.807) is 35.7 Å². The third kappa shape index (κ3) is 4.88. The highest BCUT2D eigenvalue weighted by atomic mass is 35.5. The number of halogens is 3. The van der Waals surface area contributed by atoms with Crippen LogP contribution in [0.2, 0.25) is 5.02 Å². The van der Waals surface area contributed by atoms with Crippen molar-refractivity contribution < 1.29 is 26.4 Å². The number of furan rings is 1. The molecule has 5 rings (SSSR count). The van der Waals surface area contributed by atoms with Crippen LogP contribution in [0.3, 0.4) is 0 Å². The molecule has 0 fully saturated rings. The van der Waals surface area contributed by atoms with Gasteiger partial charge in [0.25, 0.3) is 0 Å². The molecule has 0 N–H and O–H groups in total. The van der Waals surface area contributed by atoms with Gasteiger partial charge in [-0.05, 0) is 30.3 Å². The van der Waals surface area contributed by atoms with Crippen LogP contribution in [0, 0.1) is 11.6 Å². The lowest BCUT2D eigenvalue weighted by Crippen LogP contribution is -2.08. The van der Waals surface area contributed by atoms with Crippen molar-refractivity contribution in [3.05, 3.63) is 100 Å². The van der Waals surface area contributed by atoms with Crippen LogP contribution in [-0.2, 0) is 15.6 Å². The molecule has 6 nitrogen and oxygen atoms in total. The summed E-state index contributed by atoms with van der Waals surface area (Å²) in [7, 11) is -4.04. The van der Waals surface area contributed by atoms with Crippen molar-refractivity contribution in [3.63, 3.8) is 0 Å². The van der Waals surface area contributed by atoms with Gasteiger partial charge in [-0.1, -0.05) is 23.7 Å². The average Bonchev–Trinajstić information content (AvgIpc) is 3.56. The normalized spacial score (nSPS) is 11.5. The van der Waals surface area contributed by atoms with Gasteiger partial charge < -0.3 is 9.15 Å². The molecule has 2 aromatic carbocycles. The van der Waals surface area contributed by atoms with E-state index in [1.807, 2.05) is 0 Å². The molecule has 182 valence electrons. The van der Waals surface area contributed by atoms with E-state index in [9.17, 15) is 17.2 Å². The fourth-order valence-electron chi connectivity index (χ4n) is 3.51. The Morgan fingerprint density at radius 1 is 1.00 bits per heavy atom. The van der Waals surface area contributed by atoms with Crippen LogP contribution >= 0.6 is 22.9 Å². The van der Waals surface area contributed by atoms with Gasteiger partial charge in [-0.2, -0.15) is 0 Å². The number of ether oxygens (including phenoxy) is 1. The van der Waals surface area contributed by atoms with Gasteiger partial charge in [0.1, 0.15) is 22.3 Å². The predicted octanol–water partition coefficient (Wildman–Crippen LogP) is 7.16. The Kier molecular flexibility index (Phi) is 6.57. The largest absolute Gasteiger partial charge is 0.472 e. The van der Waals surface area contributed by atoms with Gasteiger partial charge in [-0.15, -0.1) is 11.3 Å². The first kappa shape index (κ1) is 24.1. The molecule has 0 bridgehead atoms. The van der Waals surface area contributed by atoms with Crippen LogP contribution in [0.1, 0.15) is 5.69 Å². The van der Waals surface area contributed by atoms with Gasteiger partial charge in [-0.3, -0.25) is 4.98 Å². The van der Waals surface area contributed by atoms with Crippen molar-refractivity contribution in [2.45, 2.75) is 10.6 Å². The number of aromatic nitrogens is 2. The Morgan fingerprint density at radius 2 is 1.83 bits per heavy atom. The molecule has 0 saturated carbocycles. The van der Waals surface area contributed by atoms with E-state index in [2.05, 4.69) is 9.97 Å². The summed E-state index contributed by atoms with van der Waals surface area (Å²) in [5.74, 6) is -1.87. The van der Waals surface area contributed by atoms with E-state index in [4.69, 9.17) is 20.8 Å². The number of benzene rings is 2. The summed E-state index contributed by atoms with van der Waals surface area (Å²) < 4.78 is 65.8. The molecule has 0 atom stereocenters. The molecule has 0 saturated heterocycles. The minimum absolute atomic E-state index is 0.119. The molecule has 0 aliphatic carbocycles. The summed E-state index contributed by atoms with van der Waals surface area (Å²) in [5, 5.41) is 1.45. The lowest BCUT2D eigenvalue weighted by molar-refractivity contribution is 0.473. The smallest absolute Gasteiger partial charge is 0.187 e. The number of rotatable bonds is 7. The van der Waals surface area contributed by atoms with Gasteiger partial charge >= 0.3 is 0 Å². The second-order valence-electron chi connectivity index (χ2n) is 7.61. The number of hydrogen-bond donors (Lipinski definition) is 0. The first-order valence-electron chi connectivity index (χ1n) is 10.4. The molecule has 3 aromatic heterocycles. The highest BCUT2D eigenvalue weighted by molar-refractivity contribution is 7.90. The standard InChI is InChI=1S/C25H15ClF2N2O4S2/c26-19-8-25(36(31,32)13-16-12-35-14-30-16)21(28)9-23(19)34-24-10-29-22(17-3-1-2-4-20(17)27)7-18(24)15-5-6-33-11-15/h1-12,14H,13H2. The molecule has 11 heteroatoms. The molecule has 0 aliphatic rings. The fourth-order valence-corrected chi connectivity index (χ4v) is 5.80. The Hall–Kier alpha value is -3.60. The van der Waals surface area contributed by atoms with Crippen LogP contribution in [0.25, 0.3) is 22.4 Å². The van der Waals surface area contributed by atoms with E-state index in [-0.39, 0.29) is 22.1 Å². The zero-order chi connectivity index (χ0) is 25.3. The highest BCUT2D eigenvalue weighted by Gasteiger charge is 2.24. The van der Waals surface area contributed by atoms with Gasteiger partial charge in [0.15, 0.2) is 15.6 Å². The number of pyridine rings is 1. The molecular weight excluding hydrogens is 530 g/mol. The number of nitrogens with zero attached hydrogens (tertiary/aromatic N) is 2. The number of thiazole rings is 1. The van der Waals surface area contributed by atoms with Gasteiger partial charge in [0.2, 0.25) is 0 Å². The molecule has 0 spiro atoms. The van der Waals surface area contributed by atoms with Crippen LogP contribution in [0.15, 0.2) is 87.5 Å². The lowest BCUT2D eigenvalue weighted by atomic mass is 10.0. The van der Waals surface area contributed by atoms with Crippen LogP contribution < -0.4 is 4.74 Å². The number of sulfone groups is 1. The molecule has 0 unspecified atom stereocenters. The van der Waals surface area contributed by atoms with E-state index >= 15 is 0 Å². The monoisotopic (exact) mass is 544 g/mol. The van der Waals surface area contributed by atoms with Crippen LogP contribution in [0.4, 0.5) is 8.78 Å². The van der Waals surface area contributed by atoms with Gasteiger partial charge in [0.05, 0.1) is 46.4 Å². The molecule has 36 heavy (non-hydrogen) atoms. The quantitative estimate of drug-likeness (QED) is 0.216. The van der Waals surface area contributed by atoms with E-state index in [0.29, 0.717) is 22.5 Å². The second-order valence-corrected chi connectivity index (χ2v) is 10.7. The molecule has 5 aromatic rings. The topological polar surface area (TPSA) is 82.3 Å². The summed E-state index contributed by atoms with van der Waals surface area (Å²) in [4.78, 5) is 7.68. The summed E-state index contributed by atoms with van der Waals surface area (Å²) in [5.41, 5.74) is 3.51. The minimum atomic E-state index is -4.04. The third-order valence-corrected chi connectivity index (χ3v) is 7.80. The van der Waals surface area contributed by atoms with Crippen molar-refractivity contribution in [1.82, 2.24) is 9.97 Å². The van der Waals surface area contributed by atoms with Crippen molar-refractivity contribution in [1.29, 1.82) is 0 Å². The Morgan fingerprint density at radius 3 is 2.56 bits per heavy atom. The van der Waals surface area contributed by atoms with Gasteiger partial charge in [-0.25, -0.2) is 22.2 Å². The van der Waals surface area contributed by atoms with E-state index in [0.717, 1.165) is 12.1 Å².